The number of fused-ring (bicyclic) bond motifs is 1. The predicted molar refractivity (Wildman–Crippen MR) is 123 cm³/mol. The van der Waals surface area contributed by atoms with Gasteiger partial charge in [-0.05, 0) is 23.3 Å². The quantitative estimate of drug-likeness (QED) is 0.204. The highest BCUT2D eigenvalue weighted by Gasteiger charge is 2.54. The standard InChI is InChI=1S/C20H20N6O7S2/c21-14(9-1-3-11(4-2-9)33-6-13(27)28)17(29)23-15-18(30)26-16(20(31)32)10(8-35-19(15)26)7-34-12-5-22-25-24-12/h1-5,14-15,19H,6-8,21H2,(H,23,29)(H,27,28)(H,31,32)(H,22,24,25)/t14?,15?,19-/m0/s1. The van der Waals surface area contributed by atoms with E-state index in [2.05, 4.69) is 20.7 Å². The number of nitrogens with zero attached hydrogens (tertiary/aromatic N) is 3. The number of hydrogen-bond donors (Lipinski definition) is 5. The van der Waals surface area contributed by atoms with E-state index in [1.165, 1.54) is 52.7 Å². The fourth-order valence-corrected chi connectivity index (χ4v) is 5.80. The number of aromatic nitrogens is 3. The number of ether oxygens (including phenoxy) is 1. The molecule has 2 aliphatic rings. The molecule has 0 saturated carbocycles. The number of rotatable bonds is 10. The van der Waals surface area contributed by atoms with Crippen LogP contribution in [0.1, 0.15) is 11.6 Å². The highest BCUT2D eigenvalue weighted by atomic mass is 32.2. The summed E-state index contributed by atoms with van der Waals surface area (Å²) < 4.78 is 5.05. The summed E-state index contributed by atoms with van der Waals surface area (Å²) in [4.78, 5) is 49.2. The molecule has 2 amide bonds. The van der Waals surface area contributed by atoms with Crippen LogP contribution in [0.2, 0.25) is 0 Å². The molecule has 13 nitrogen and oxygen atoms in total. The molecule has 0 aliphatic carbocycles. The van der Waals surface area contributed by atoms with Crippen molar-refractivity contribution in [2.24, 2.45) is 5.73 Å². The normalized spacial score (nSPS) is 20.0. The van der Waals surface area contributed by atoms with Crippen molar-refractivity contribution in [2.45, 2.75) is 22.5 Å². The topological polar surface area (TPSA) is 201 Å². The summed E-state index contributed by atoms with van der Waals surface area (Å²) in [6.07, 6.45) is 1.59. The van der Waals surface area contributed by atoms with Crippen molar-refractivity contribution in [1.29, 1.82) is 0 Å². The van der Waals surface area contributed by atoms with E-state index in [0.29, 0.717) is 33.4 Å². The number of benzene rings is 1. The van der Waals surface area contributed by atoms with Crippen LogP contribution in [-0.4, -0.2) is 83.8 Å². The van der Waals surface area contributed by atoms with Crippen LogP contribution in [-0.2, 0) is 19.2 Å². The second-order valence-electron chi connectivity index (χ2n) is 7.48. The van der Waals surface area contributed by atoms with E-state index in [9.17, 15) is 24.3 Å². The number of carbonyl (C=O) groups is 4. The monoisotopic (exact) mass is 520 g/mol. The number of aliphatic carboxylic acids is 2. The number of thioether (sulfide) groups is 2. The first-order valence-corrected chi connectivity index (χ1v) is 12.2. The Labute approximate surface area is 206 Å². The number of carboxylic acid groups (broad SMARTS) is 2. The molecule has 3 atom stereocenters. The summed E-state index contributed by atoms with van der Waals surface area (Å²) in [7, 11) is 0. The average Bonchev–Trinajstić information content (AvgIpc) is 3.37. The Morgan fingerprint density at radius 2 is 2.06 bits per heavy atom. The van der Waals surface area contributed by atoms with E-state index in [1.807, 2.05) is 0 Å². The van der Waals surface area contributed by atoms with Crippen LogP contribution >= 0.6 is 23.5 Å². The van der Waals surface area contributed by atoms with Crippen LogP contribution in [0, 0.1) is 0 Å². The van der Waals surface area contributed by atoms with Crippen molar-refractivity contribution in [3.63, 3.8) is 0 Å². The number of β-lactam (4-membered cyclic amide) rings is 1. The lowest BCUT2D eigenvalue weighted by molar-refractivity contribution is -0.150. The van der Waals surface area contributed by atoms with Crippen LogP contribution in [0.4, 0.5) is 0 Å². The van der Waals surface area contributed by atoms with Crippen molar-refractivity contribution < 1.29 is 34.1 Å². The minimum absolute atomic E-state index is 0.0820. The Balaban J connectivity index is 1.39. The number of H-pyrrole nitrogens is 1. The van der Waals surface area contributed by atoms with Gasteiger partial charge in [0.15, 0.2) is 6.61 Å². The largest absolute Gasteiger partial charge is 0.482 e. The van der Waals surface area contributed by atoms with Gasteiger partial charge in [-0.15, -0.1) is 16.9 Å². The van der Waals surface area contributed by atoms with Crippen molar-refractivity contribution >= 4 is 47.3 Å². The summed E-state index contributed by atoms with van der Waals surface area (Å²) in [6, 6.07) is 4.02. The number of carboxylic acids is 2. The SMILES string of the molecule is NC(C(=O)NC1C(=O)N2C(C(=O)O)=C(CSc3c[nH]nn3)CS[C@@H]12)c1ccc(OCC(=O)O)cc1. The highest BCUT2D eigenvalue weighted by molar-refractivity contribution is 8.01. The molecule has 3 heterocycles. The predicted octanol–water partition coefficient (Wildman–Crippen LogP) is -0.201. The van der Waals surface area contributed by atoms with Gasteiger partial charge in [0.25, 0.3) is 5.91 Å². The molecular formula is C20H20N6O7S2. The molecule has 2 unspecified atom stereocenters. The maximum Gasteiger partial charge on any atom is 0.352 e. The first-order valence-electron chi connectivity index (χ1n) is 10.2. The maximum atomic E-state index is 12.8. The van der Waals surface area contributed by atoms with Crippen LogP contribution in [0.3, 0.4) is 0 Å². The third kappa shape index (κ3) is 5.26. The minimum Gasteiger partial charge on any atom is -0.482 e. The molecule has 0 bridgehead atoms. The summed E-state index contributed by atoms with van der Waals surface area (Å²) in [6.45, 7) is -0.501. The van der Waals surface area contributed by atoms with E-state index in [1.54, 1.807) is 6.20 Å². The Kier molecular flexibility index (Phi) is 7.28. The molecule has 0 radical (unpaired) electrons. The average molecular weight is 521 g/mol. The first-order chi connectivity index (χ1) is 16.8. The Hall–Kier alpha value is -3.56. The van der Waals surface area contributed by atoms with Crippen LogP contribution < -0.4 is 15.8 Å². The van der Waals surface area contributed by atoms with Crippen molar-refractivity contribution in [2.75, 3.05) is 18.1 Å². The van der Waals surface area contributed by atoms with Gasteiger partial charge in [0.1, 0.15) is 33.9 Å². The molecular weight excluding hydrogens is 500 g/mol. The Morgan fingerprint density at radius 3 is 2.69 bits per heavy atom. The second-order valence-corrected chi connectivity index (χ2v) is 9.58. The van der Waals surface area contributed by atoms with Gasteiger partial charge in [0.05, 0.1) is 6.20 Å². The van der Waals surface area contributed by atoms with Gasteiger partial charge in [-0.3, -0.25) is 19.6 Å². The molecule has 1 aromatic carbocycles. The molecule has 6 N–H and O–H groups in total. The lowest BCUT2D eigenvalue weighted by Gasteiger charge is -2.49. The van der Waals surface area contributed by atoms with E-state index in [0.717, 1.165) is 0 Å². The third-order valence-electron chi connectivity index (χ3n) is 5.22. The third-order valence-corrected chi connectivity index (χ3v) is 7.55. The number of amides is 2. The fourth-order valence-electron chi connectivity index (χ4n) is 3.53. The van der Waals surface area contributed by atoms with Crippen LogP contribution in [0.5, 0.6) is 5.75 Å². The lowest BCUT2D eigenvalue weighted by atomic mass is 10.0. The van der Waals surface area contributed by atoms with Crippen molar-refractivity contribution in [3.05, 3.63) is 47.3 Å². The smallest absolute Gasteiger partial charge is 0.352 e. The van der Waals surface area contributed by atoms with Gasteiger partial charge in [0.2, 0.25) is 5.91 Å². The van der Waals surface area contributed by atoms with Gasteiger partial charge in [-0.25, -0.2) is 9.59 Å². The highest BCUT2D eigenvalue weighted by Crippen LogP contribution is 2.41. The number of aromatic amines is 1. The summed E-state index contributed by atoms with van der Waals surface area (Å²) in [5.74, 6) is -2.46. The molecule has 1 saturated heterocycles. The first kappa shape index (κ1) is 24.6. The second kappa shape index (κ2) is 10.4. The number of nitrogens with two attached hydrogens (primary N) is 1. The van der Waals surface area contributed by atoms with E-state index < -0.39 is 47.8 Å². The van der Waals surface area contributed by atoms with E-state index in [4.69, 9.17) is 15.6 Å². The zero-order valence-electron chi connectivity index (χ0n) is 17.9. The summed E-state index contributed by atoms with van der Waals surface area (Å²) in [5, 5.41) is 31.1. The fraction of sp³-hybridized carbons (Fsp3) is 0.300. The van der Waals surface area contributed by atoms with E-state index >= 15 is 0 Å². The molecule has 184 valence electrons. The Morgan fingerprint density at radius 1 is 1.31 bits per heavy atom. The molecule has 15 heteroatoms. The van der Waals surface area contributed by atoms with Gasteiger partial charge < -0.3 is 26.0 Å². The lowest BCUT2D eigenvalue weighted by Crippen LogP contribution is -2.71. The molecule has 1 fully saturated rings. The molecule has 35 heavy (non-hydrogen) atoms. The molecule has 2 aliphatic heterocycles. The van der Waals surface area contributed by atoms with Gasteiger partial charge in [-0.2, -0.15) is 0 Å². The number of hydrogen-bond acceptors (Lipinski definition) is 10. The molecule has 4 rings (SSSR count). The number of nitrogens with one attached hydrogen (secondary N) is 2. The molecule has 2 aromatic rings. The molecule has 0 spiro atoms. The van der Waals surface area contributed by atoms with Gasteiger partial charge in [-0.1, -0.05) is 29.1 Å². The summed E-state index contributed by atoms with van der Waals surface area (Å²) in [5.41, 5.74) is 6.96. The maximum absolute atomic E-state index is 12.8. The van der Waals surface area contributed by atoms with Gasteiger partial charge >= 0.3 is 11.9 Å². The zero-order valence-corrected chi connectivity index (χ0v) is 19.5. The van der Waals surface area contributed by atoms with Crippen LogP contribution in [0.25, 0.3) is 0 Å². The summed E-state index contributed by atoms with van der Waals surface area (Å²) >= 11 is 2.66. The minimum atomic E-state index is -1.22. The Bertz CT molecular complexity index is 1170. The zero-order chi connectivity index (χ0) is 25.1. The van der Waals surface area contributed by atoms with Gasteiger partial charge in [0, 0.05) is 11.5 Å². The van der Waals surface area contributed by atoms with Crippen LogP contribution in [0.15, 0.2) is 46.8 Å². The van der Waals surface area contributed by atoms with E-state index in [-0.39, 0.29) is 5.70 Å². The van der Waals surface area contributed by atoms with Crippen molar-refractivity contribution in [1.82, 2.24) is 25.6 Å². The van der Waals surface area contributed by atoms with Crippen molar-refractivity contribution in [3.8, 4) is 5.75 Å². The molecule has 1 aromatic heterocycles. The number of carbonyl (C=O) groups excluding carboxylic acids is 2.